The predicted octanol–water partition coefficient (Wildman–Crippen LogP) is 3.05. The van der Waals surface area contributed by atoms with E-state index >= 15 is 0 Å². The van der Waals surface area contributed by atoms with Crippen molar-refractivity contribution in [2.24, 2.45) is 4.99 Å². The summed E-state index contributed by atoms with van der Waals surface area (Å²) in [6, 6.07) is 14.7. The highest BCUT2D eigenvalue weighted by molar-refractivity contribution is 7.99. The minimum absolute atomic E-state index is 0.293. The first kappa shape index (κ1) is 22.5. The van der Waals surface area contributed by atoms with Gasteiger partial charge in [0, 0.05) is 49.9 Å². The monoisotopic (exact) mass is 440 g/mol. The van der Waals surface area contributed by atoms with Crippen molar-refractivity contribution in [1.82, 2.24) is 14.9 Å². The Morgan fingerprint density at radius 2 is 1.79 bits per heavy atom. The highest BCUT2D eigenvalue weighted by Crippen LogP contribution is 2.20. The molecule has 28 heavy (non-hydrogen) atoms. The summed E-state index contributed by atoms with van der Waals surface area (Å²) < 4.78 is 26.2. The van der Waals surface area contributed by atoms with Gasteiger partial charge >= 0.3 is 0 Å². The van der Waals surface area contributed by atoms with E-state index in [9.17, 15) is 8.42 Å². The highest BCUT2D eigenvalue weighted by atomic mass is 35.5. The molecular formula is C19H25ClN4O2S2. The van der Waals surface area contributed by atoms with Gasteiger partial charge in [0.1, 0.15) is 0 Å². The van der Waals surface area contributed by atoms with Gasteiger partial charge in [-0.25, -0.2) is 12.7 Å². The molecule has 152 valence electrons. The second kappa shape index (κ2) is 10.7. The second-order valence-electron chi connectivity index (χ2n) is 6.05. The lowest BCUT2D eigenvalue weighted by Crippen LogP contribution is -2.38. The number of rotatable bonds is 8. The molecule has 0 saturated carbocycles. The molecular weight excluding hydrogens is 416 g/mol. The van der Waals surface area contributed by atoms with Crippen molar-refractivity contribution in [3.8, 4) is 0 Å². The number of benzene rings is 2. The van der Waals surface area contributed by atoms with Crippen LogP contribution in [0.25, 0.3) is 0 Å². The van der Waals surface area contributed by atoms with E-state index in [1.54, 1.807) is 37.0 Å². The smallest absolute Gasteiger partial charge is 0.242 e. The highest BCUT2D eigenvalue weighted by Gasteiger charge is 2.20. The molecule has 0 spiro atoms. The maximum absolute atomic E-state index is 12.5. The molecule has 6 nitrogen and oxygen atoms in total. The maximum atomic E-state index is 12.5. The van der Waals surface area contributed by atoms with Gasteiger partial charge < -0.3 is 10.6 Å². The van der Waals surface area contributed by atoms with Crippen LogP contribution in [0.15, 0.2) is 63.3 Å². The SMILES string of the molecule is CN=C(NCCSc1ccc(Cl)cc1)NCc1ccccc1S(=O)(=O)N(C)C. The molecule has 0 aliphatic heterocycles. The van der Waals surface area contributed by atoms with E-state index in [2.05, 4.69) is 15.6 Å². The minimum Gasteiger partial charge on any atom is -0.356 e. The lowest BCUT2D eigenvalue weighted by Gasteiger charge is -2.17. The molecule has 0 bridgehead atoms. The summed E-state index contributed by atoms with van der Waals surface area (Å²) in [5.41, 5.74) is 0.690. The number of thioether (sulfide) groups is 1. The van der Waals surface area contributed by atoms with Crippen LogP contribution in [0.3, 0.4) is 0 Å². The first-order valence-electron chi connectivity index (χ1n) is 8.68. The Morgan fingerprint density at radius 3 is 2.43 bits per heavy atom. The van der Waals surface area contributed by atoms with Crippen molar-refractivity contribution >= 4 is 39.3 Å². The first-order chi connectivity index (χ1) is 13.3. The predicted molar refractivity (Wildman–Crippen MR) is 118 cm³/mol. The molecule has 2 aromatic rings. The molecule has 0 saturated heterocycles. The molecule has 2 N–H and O–H groups in total. The molecule has 2 rings (SSSR count). The first-order valence-corrected chi connectivity index (χ1v) is 11.5. The van der Waals surface area contributed by atoms with Crippen molar-refractivity contribution in [3.05, 3.63) is 59.1 Å². The number of nitrogens with one attached hydrogen (secondary N) is 2. The Hall–Kier alpha value is -1.74. The standard InChI is InChI=1S/C19H25ClN4O2S2/c1-21-19(22-12-13-27-17-10-8-16(20)9-11-17)23-14-15-6-4-5-7-18(15)28(25,26)24(2)3/h4-11H,12-14H2,1-3H3,(H2,21,22,23). The normalized spacial score (nSPS) is 12.2. The number of sulfonamides is 1. The average Bonchev–Trinajstić information content (AvgIpc) is 2.69. The summed E-state index contributed by atoms with van der Waals surface area (Å²) >= 11 is 7.61. The fourth-order valence-electron chi connectivity index (χ4n) is 2.37. The zero-order valence-electron chi connectivity index (χ0n) is 16.1. The number of halogens is 1. The summed E-state index contributed by atoms with van der Waals surface area (Å²) in [6.07, 6.45) is 0. The third kappa shape index (κ3) is 6.41. The quantitative estimate of drug-likeness (QED) is 0.285. The van der Waals surface area contributed by atoms with Gasteiger partial charge in [-0.3, -0.25) is 4.99 Å². The Morgan fingerprint density at radius 1 is 1.11 bits per heavy atom. The van der Waals surface area contributed by atoms with Crippen molar-refractivity contribution in [1.29, 1.82) is 0 Å². The van der Waals surface area contributed by atoms with Gasteiger partial charge in [0.15, 0.2) is 5.96 Å². The molecule has 0 radical (unpaired) electrons. The number of guanidine groups is 1. The lowest BCUT2D eigenvalue weighted by molar-refractivity contribution is 0.519. The zero-order chi connectivity index (χ0) is 20.6. The number of nitrogens with zero attached hydrogens (tertiary/aromatic N) is 2. The van der Waals surface area contributed by atoms with Gasteiger partial charge in [0.2, 0.25) is 10.0 Å². The molecule has 0 aliphatic rings. The van der Waals surface area contributed by atoms with Crippen LogP contribution in [0, 0.1) is 0 Å². The number of aliphatic imine (C=N–C) groups is 1. The van der Waals surface area contributed by atoms with Gasteiger partial charge in [-0.1, -0.05) is 29.8 Å². The molecule has 9 heteroatoms. The Labute approximate surface area is 176 Å². The van der Waals surface area contributed by atoms with Crippen LogP contribution in [0.2, 0.25) is 5.02 Å². The van der Waals surface area contributed by atoms with Crippen LogP contribution < -0.4 is 10.6 Å². The topological polar surface area (TPSA) is 73.8 Å². The van der Waals surface area contributed by atoms with Gasteiger partial charge in [-0.2, -0.15) is 0 Å². The molecule has 0 unspecified atom stereocenters. The van der Waals surface area contributed by atoms with Crippen LogP contribution in [0.1, 0.15) is 5.56 Å². The number of hydrogen-bond donors (Lipinski definition) is 2. The fraction of sp³-hybridized carbons (Fsp3) is 0.316. The van der Waals surface area contributed by atoms with E-state index in [4.69, 9.17) is 11.6 Å². The van der Waals surface area contributed by atoms with Crippen LogP contribution in [-0.2, 0) is 16.6 Å². The summed E-state index contributed by atoms with van der Waals surface area (Å²) in [5.74, 6) is 1.47. The zero-order valence-corrected chi connectivity index (χ0v) is 18.5. The molecule has 0 aliphatic carbocycles. The van der Waals surface area contributed by atoms with Crippen molar-refractivity contribution < 1.29 is 8.42 Å². The summed E-state index contributed by atoms with van der Waals surface area (Å²) in [7, 11) is 1.24. The molecule has 0 aromatic heterocycles. The Bertz CT molecular complexity index is 900. The van der Waals surface area contributed by atoms with Crippen LogP contribution in [0.5, 0.6) is 0 Å². The van der Waals surface area contributed by atoms with Crippen molar-refractivity contribution in [2.45, 2.75) is 16.3 Å². The molecule has 0 atom stereocenters. The third-order valence-electron chi connectivity index (χ3n) is 3.88. The minimum atomic E-state index is -3.50. The summed E-state index contributed by atoms with van der Waals surface area (Å²) in [6.45, 7) is 1.07. The molecule has 2 aromatic carbocycles. The van der Waals surface area contributed by atoms with E-state index in [0.29, 0.717) is 29.5 Å². The van der Waals surface area contributed by atoms with E-state index in [1.807, 2.05) is 30.3 Å². The Kier molecular flexibility index (Phi) is 8.62. The largest absolute Gasteiger partial charge is 0.356 e. The van der Waals surface area contributed by atoms with Crippen LogP contribution in [0.4, 0.5) is 0 Å². The van der Waals surface area contributed by atoms with Crippen molar-refractivity contribution in [3.63, 3.8) is 0 Å². The fourth-order valence-corrected chi connectivity index (χ4v) is 4.38. The van der Waals surface area contributed by atoms with Crippen LogP contribution in [-0.4, -0.2) is 52.1 Å². The maximum Gasteiger partial charge on any atom is 0.242 e. The Balaban J connectivity index is 1.88. The van der Waals surface area contributed by atoms with Gasteiger partial charge in [-0.05, 0) is 35.9 Å². The van der Waals surface area contributed by atoms with Crippen LogP contribution >= 0.6 is 23.4 Å². The van der Waals surface area contributed by atoms with Crippen molar-refractivity contribution in [2.75, 3.05) is 33.4 Å². The van der Waals surface area contributed by atoms with Gasteiger partial charge in [-0.15, -0.1) is 11.8 Å². The molecule has 0 amide bonds. The lowest BCUT2D eigenvalue weighted by atomic mass is 10.2. The average molecular weight is 441 g/mol. The van der Waals surface area contributed by atoms with Gasteiger partial charge in [0.25, 0.3) is 0 Å². The summed E-state index contributed by atoms with van der Waals surface area (Å²) in [4.78, 5) is 5.64. The van der Waals surface area contributed by atoms with E-state index in [0.717, 1.165) is 15.7 Å². The molecule has 0 heterocycles. The molecule has 0 fully saturated rings. The number of hydrogen-bond acceptors (Lipinski definition) is 4. The third-order valence-corrected chi connectivity index (χ3v) is 7.06. The van der Waals surface area contributed by atoms with E-state index in [1.165, 1.54) is 18.4 Å². The van der Waals surface area contributed by atoms with E-state index in [-0.39, 0.29) is 0 Å². The summed E-state index contributed by atoms with van der Waals surface area (Å²) in [5, 5.41) is 7.13. The van der Waals surface area contributed by atoms with Gasteiger partial charge in [0.05, 0.1) is 4.90 Å². The van der Waals surface area contributed by atoms with E-state index < -0.39 is 10.0 Å². The second-order valence-corrected chi connectivity index (χ2v) is 9.78.